The van der Waals surface area contributed by atoms with Crippen LogP contribution in [0.5, 0.6) is 0 Å². The van der Waals surface area contributed by atoms with Gasteiger partial charge in [-0.15, -0.1) is 6.58 Å². The molecule has 0 amide bonds. The Morgan fingerprint density at radius 2 is 2.30 bits per heavy atom. The number of halogens is 2. The van der Waals surface area contributed by atoms with Crippen molar-refractivity contribution in [1.29, 1.82) is 0 Å². The molecule has 2 aromatic rings. The molecule has 0 aliphatic carbocycles. The first-order valence-electron chi connectivity index (χ1n) is 6.10. The van der Waals surface area contributed by atoms with Gasteiger partial charge in [0, 0.05) is 0 Å². The molecule has 5 heteroatoms. The van der Waals surface area contributed by atoms with Crippen molar-refractivity contribution < 1.29 is 8.78 Å². The number of nitrogens with one attached hydrogen (secondary N) is 1. The summed E-state index contributed by atoms with van der Waals surface area (Å²) in [4.78, 5) is 4.29. The molecule has 1 aromatic heterocycles. The minimum atomic E-state index is -0.363. The molecule has 0 aliphatic rings. The molecule has 2 nitrogen and oxygen atoms in total. The third-order valence-corrected chi connectivity index (χ3v) is 3.54. The lowest BCUT2D eigenvalue weighted by Crippen LogP contribution is -1.99. The highest BCUT2D eigenvalue weighted by atomic mass is 32.1. The van der Waals surface area contributed by atoms with Crippen LogP contribution in [-0.2, 0) is 0 Å². The van der Waals surface area contributed by atoms with Crippen LogP contribution in [0.1, 0.15) is 13.3 Å². The maximum absolute atomic E-state index is 13.9. The number of hydrogen-bond donors (Lipinski definition) is 1. The van der Waals surface area contributed by atoms with Gasteiger partial charge in [0.05, 0.1) is 15.9 Å². The first-order valence-corrected chi connectivity index (χ1v) is 6.92. The highest BCUT2D eigenvalue weighted by molar-refractivity contribution is 7.22. The quantitative estimate of drug-likeness (QED) is 0.606. The van der Waals surface area contributed by atoms with E-state index in [0.29, 0.717) is 22.8 Å². The van der Waals surface area contributed by atoms with E-state index in [4.69, 9.17) is 0 Å². The van der Waals surface area contributed by atoms with Gasteiger partial charge in [-0.1, -0.05) is 23.5 Å². The summed E-state index contributed by atoms with van der Waals surface area (Å²) in [5.74, 6) is -0.672. The minimum absolute atomic E-state index is 0.309. The van der Waals surface area contributed by atoms with Gasteiger partial charge in [-0.3, -0.25) is 0 Å². The van der Waals surface area contributed by atoms with Gasteiger partial charge < -0.3 is 5.32 Å². The summed E-state index contributed by atoms with van der Waals surface area (Å²) in [5, 5.41) is 3.44. The minimum Gasteiger partial charge on any atom is -0.329 e. The Morgan fingerprint density at radius 1 is 1.50 bits per heavy atom. The summed E-state index contributed by atoms with van der Waals surface area (Å²) in [6, 6.07) is 4.37. The SMILES string of the molecule is C=CCC=C(F)/C(=C\C)Nc1nc2ccc(F)cc2s1. The van der Waals surface area contributed by atoms with Crippen molar-refractivity contribution in [3.05, 3.63) is 60.3 Å². The smallest absolute Gasteiger partial charge is 0.188 e. The summed E-state index contributed by atoms with van der Waals surface area (Å²) in [6.45, 7) is 5.27. The van der Waals surface area contributed by atoms with Crippen molar-refractivity contribution in [2.24, 2.45) is 0 Å². The molecule has 0 aliphatic heterocycles. The van der Waals surface area contributed by atoms with E-state index in [-0.39, 0.29) is 11.6 Å². The van der Waals surface area contributed by atoms with Gasteiger partial charge in [0.2, 0.25) is 0 Å². The Hall–Kier alpha value is -2.01. The summed E-state index contributed by atoms with van der Waals surface area (Å²) in [7, 11) is 0. The molecule has 1 heterocycles. The molecule has 0 radical (unpaired) electrons. The molecule has 0 spiro atoms. The van der Waals surface area contributed by atoms with E-state index >= 15 is 0 Å². The number of nitrogens with zero attached hydrogens (tertiary/aromatic N) is 1. The number of allylic oxidation sites excluding steroid dienone is 4. The van der Waals surface area contributed by atoms with Crippen molar-refractivity contribution in [3.63, 3.8) is 0 Å². The first kappa shape index (κ1) is 14.4. The molecule has 0 unspecified atom stereocenters. The third kappa shape index (κ3) is 3.30. The van der Waals surface area contributed by atoms with Gasteiger partial charge in [0.1, 0.15) is 11.6 Å². The second-order valence-corrected chi connectivity index (χ2v) is 5.07. The lowest BCUT2D eigenvalue weighted by atomic mass is 10.3. The molecule has 0 atom stereocenters. The van der Waals surface area contributed by atoms with E-state index in [1.54, 1.807) is 25.1 Å². The molecule has 20 heavy (non-hydrogen) atoms. The van der Waals surface area contributed by atoms with Crippen LogP contribution < -0.4 is 5.32 Å². The van der Waals surface area contributed by atoms with Crippen molar-refractivity contribution in [2.75, 3.05) is 5.32 Å². The highest BCUT2D eigenvalue weighted by Gasteiger charge is 2.08. The Bertz CT molecular complexity index is 686. The number of anilines is 1. The van der Waals surface area contributed by atoms with Crippen LogP contribution in [0.25, 0.3) is 10.2 Å². The maximum atomic E-state index is 13.9. The summed E-state index contributed by atoms with van der Waals surface area (Å²) >= 11 is 1.28. The maximum Gasteiger partial charge on any atom is 0.188 e. The Labute approximate surface area is 120 Å². The van der Waals surface area contributed by atoms with Crippen LogP contribution in [0.15, 0.2) is 54.5 Å². The van der Waals surface area contributed by atoms with Crippen molar-refractivity contribution >= 4 is 26.7 Å². The number of fused-ring (bicyclic) bond motifs is 1. The van der Waals surface area contributed by atoms with E-state index in [9.17, 15) is 8.78 Å². The second-order valence-electron chi connectivity index (χ2n) is 4.03. The van der Waals surface area contributed by atoms with Crippen LogP contribution in [0.3, 0.4) is 0 Å². The zero-order chi connectivity index (χ0) is 14.5. The normalized spacial score (nSPS) is 12.8. The predicted molar refractivity (Wildman–Crippen MR) is 81.0 cm³/mol. The van der Waals surface area contributed by atoms with Crippen LogP contribution in [0, 0.1) is 5.82 Å². The average molecular weight is 292 g/mol. The number of hydrogen-bond acceptors (Lipinski definition) is 3. The molecule has 1 N–H and O–H groups in total. The lowest BCUT2D eigenvalue weighted by molar-refractivity contribution is 0.630. The van der Waals surface area contributed by atoms with Crippen LogP contribution >= 0.6 is 11.3 Å². The zero-order valence-electron chi connectivity index (χ0n) is 11.0. The lowest BCUT2D eigenvalue weighted by Gasteiger charge is -2.05. The van der Waals surface area contributed by atoms with Gasteiger partial charge in [-0.2, -0.15) is 0 Å². The van der Waals surface area contributed by atoms with Crippen LogP contribution in [0.4, 0.5) is 13.9 Å². The highest BCUT2D eigenvalue weighted by Crippen LogP contribution is 2.28. The molecule has 0 saturated carbocycles. The van der Waals surface area contributed by atoms with Crippen molar-refractivity contribution in [3.8, 4) is 0 Å². The topological polar surface area (TPSA) is 24.9 Å². The van der Waals surface area contributed by atoms with Crippen LogP contribution in [0.2, 0.25) is 0 Å². The number of benzene rings is 1. The van der Waals surface area contributed by atoms with E-state index in [0.717, 1.165) is 4.70 Å². The number of aromatic nitrogens is 1. The fourth-order valence-electron chi connectivity index (χ4n) is 1.63. The van der Waals surface area contributed by atoms with E-state index in [2.05, 4.69) is 16.9 Å². The first-order chi connectivity index (χ1) is 9.63. The van der Waals surface area contributed by atoms with Crippen molar-refractivity contribution in [1.82, 2.24) is 4.98 Å². The summed E-state index contributed by atoms with van der Waals surface area (Å²) < 4.78 is 27.7. The standard InChI is InChI=1S/C15H14F2N2S/c1-3-5-6-11(17)12(4-2)18-15-19-13-8-7-10(16)9-14(13)20-15/h3-4,6-9H,1,5H2,2H3,(H,18,19)/b11-6?,12-4+. The van der Waals surface area contributed by atoms with E-state index < -0.39 is 0 Å². The Balaban J connectivity index is 2.24. The number of rotatable bonds is 5. The van der Waals surface area contributed by atoms with Gasteiger partial charge in [-0.25, -0.2) is 13.8 Å². The molecule has 104 valence electrons. The van der Waals surface area contributed by atoms with Gasteiger partial charge >= 0.3 is 0 Å². The Kier molecular flexibility index (Phi) is 4.63. The van der Waals surface area contributed by atoms with Gasteiger partial charge in [0.25, 0.3) is 0 Å². The molecule has 0 bridgehead atoms. The second kappa shape index (κ2) is 6.43. The average Bonchev–Trinajstić information content (AvgIpc) is 2.83. The summed E-state index contributed by atoms with van der Waals surface area (Å²) in [5.41, 5.74) is 1.02. The Morgan fingerprint density at radius 3 is 3.00 bits per heavy atom. The molecule has 1 aromatic carbocycles. The molecular formula is C15H14F2N2S. The zero-order valence-corrected chi connectivity index (χ0v) is 11.8. The molecule has 0 saturated heterocycles. The van der Waals surface area contributed by atoms with Crippen molar-refractivity contribution in [2.45, 2.75) is 13.3 Å². The van der Waals surface area contributed by atoms with E-state index in [1.807, 2.05) is 0 Å². The number of thiazole rings is 1. The molecule has 2 rings (SSSR count). The largest absolute Gasteiger partial charge is 0.329 e. The molecule has 0 fully saturated rings. The fourth-order valence-corrected chi connectivity index (χ4v) is 2.54. The van der Waals surface area contributed by atoms with Gasteiger partial charge in [0.15, 0.2) is 5.13 Å². The monoisotopic (exact) mass is 292 g/mol. The van der Waals surface area contributed by atoms with Crippen LogP contribution in [-0.4, -0.2) is 4.98 Å². The fraction of sp³-hybridized carbons (Fsp3) is 0.133. The van der Waals surface area contributed by atoms with E-state index in [1.165, 1.54) is 29.5 Å². The summed E-state index contributed by atoms with van der Waals surface area (Å²) in [6.07, 6.45) is 5.13. The molecular weight excluding hydrogens is 278 g/mol. The van der Waals surface area contributed by atoms with Gasteiger partial charge in [-0.05, 0) is 37.6 Å². The predicted octanol–water partition coefficient (Wildman–Crippen LogP) is 5.18. The third-order valence-electron chi connectivity index (χ3n) is 2.60.